The number of guanidine groups is 1. The van der Waals surface area contributed by atoms with Crippen LogP contribution in [-0.2, 0) is 14.3 Å². The number of piperidine rings is 1. The quantitative estimate of drug-likeness (QED) is 0.437. The predicted octanol–water partition coefficient (Wildman–Crippen LogP) is 0.236. The van der Waals surface area contributed by atoms with Gasteiger partial charge in [-0.2, -0.15) is 0 Å². The fourth-order valence-electron chi connectivity index (χ4n) is 3.29. The Morgan fingerprint density at radius 1 is 1.39 bits per heavy atom. The Hall–Kier alpha value is -1.34. The second-order valence-corrected chi connectivity index (χ2v) is 6.46. The van der Waals surface area contributed by atoms with E-state index < -0.39 is 0 Å². The van der Waals surface area contributed by atoms with Gasteiger partial charge in [-0.1, -0.05) is 0 Å². The number of aliphatic hydroxyl groups is 1. The van der Waals surface area contributed by atoms with Gasteiger partial charge in [-0.25, -0.2) is 0 Å². The van der Waals surface area contributed by atoms with Gasteiger partial charge in [0.15, 0.2) is 5.96 Å². The van der Waals surface area contributed by atoms with Crippen LogP contribution in [-0.4, -0.2) is 75.5 Å². The first-order valence-corrected chi connectivity index (χ1v) is 8.36. The number of aliphatic imine (C=N–C) groups is 1. The molecule has 0 saturated carbocycles. The summed E-state index contributed by atoms with van der Waals surface area (Å²) in [6.07, 6.45) is 3.29. The van der Waals surface area contributed by atoms with E-state index in [1.165, 1.54) is 7.11 Å². The molecule has 7 heteroatoms. The highest BCUT2D eigenvalue weighted by molar-refractivity contribution is 5.80. The molecule has 0 radical (unpaired) electrons. The lowest BCUT2D eigenvalue weighted by atomic mass is 9.81. The van der Waals surface area contributed by atoms with Crippen molar-refractivity contribution < 1.29 is 19.4 Å². The van der Waals surface area contributed by atoms with Crippen molar-refractivity contribution in [2.24, 2.45) is 16.3 Å². The molecule has 7 nitrogen and oxygen atoms in total. The van der Waals surface area contributed by atoms with Gasteiger partial charge in [0.05, 0.1) is 19.6 Å². The second-order valence-electron chi connectivity index (χ2n) is 6.46. The van der Waals surface area contributed by atoms with Gasteiger partial charge < -0.3 is 24.8 Å². The largest absolute Gasteiger partial charge is 0.469 e. The van der Waals surface area contributed by atoms with Crippen LogP contribution in [0.25, 0.3) is 0 Å². The van der Waals surface area contributed by atoms with Crippen molar-refractivity contribution in [1.29, 1.82) is 0 Å². The molecular formula is C16H29N3O4. The van der Waals surface area contributed by atoms with Gasteiger partial charge in [-0.05, 0) is 25.7 Å². The molecule has 0 aromatic heterocycles. The summed E-state index contributed by atoms with van der Waals surface area (Å²) in [7, 11) is 3.21. The van der Waals surface area contributed by atoms with Crippen molar-refractivity contribution in [1.82, 2.24) is 10.2 Å². The van der Waals surface area contributed by atoms with Crippen LogP contribution in [0.15, 0.2) is 4.99 Å². The summed E-state index contributed by atoms with van der Waals surface area (Å²) < 4.78 is 10.2. The lowest BCUT2D eigenvalue weighted by Gasteiger charge is -2.38. The highest BCUT2D eigenvalue weighted by atomic mass is 16.5. The van der Waals surface area contributed by atoms with Crippen molar-refractivity contribution in [2.75, 3.05) is 53.6 Å². The maximum absolute atomic E-state index is 11.6. The fraction of sp³-hybridized carbons (Fsp3) is 0.875. The van der Waals surface area contributed by atoms with Gasteiger partial charge in [0.1, 0.15) is 0 Å². The summed E-state index contributed by atoms with van der Waals surface area (Å²) in [5.74, 6) is 0.718. The summed E-state index contributed by atoms with van der Waals surface area (Å²) in [4.78, 5) is 18.1. The highest BCUT2D eigenvalue weighted by Gasteiger charge is 2.33. The molecule has 23 heavy (non-hydrogen) atoms. The topological polar surface area (TPSA) is 83.4 Å². The van der Waals surface area contributed by atoms with Crippen LogP contribution in [0.3, 0.4) is 0 Å². The standard InChI is InChI=1S/C16H29N3O4/c1-17-15(18-11-16(12-20)5-9-23-10-6-16)19-7-3-13(4-8-19)14(21)22-2/h13,20H,3-12H2,1-2H3,(H,17,18). The number of nitrogens with one attached hydrogen (secondary N) is 1. The number of aliphatic hydroxyl groups excluding tert-OH is 1. The van der Waals surface area contributed by atoms with Gasteiger partial charge >= 0.3 is 5.97 Å². The Bertz CT molecular complexity index is 414. The number of esters is 1. The zero-order chi connectivity index (χ0) is 16.7. The number of methoxy groups -OCH3 is 1. The minimum atomic E-state index is -0.126. The number of carbonyl (C=O) groups excluding carboxylic acids is 1. The number of hydrogen-bond donors (Lipinski definition) is 2. The second kappa shape index (κ2) is 8.49. The molecule has 2 heterocycles. The molecule has 0 bridgehead atoms. The Morgan fingerprint density at radius 2 is 2.04 bits per heavy atom. The first kappa shape index (κ1) is 18.0. The summed E-state index contributed by atoms with van der Waals surface area (Å²) in [6, 6.07) is 0. The summed E-state index contributed by atoms with van der Waals surface area (Å²) in [6.45, 7) is 3.82. The van der Waals surface area contributed by atoms with Gasteiger partial charge in [0, 0.05) is 45.3 Å². The van der Waals surface area contributed by atoms with E-state index in [1.807, 2.05) is 0 Å². The molecule has 0 aliphatic carbocycles. The van der Waals surface area contributed by atoms with E-state index in [0.717, 1.165) is 44.7 Å². The number of hydrogen-bond acceptors (Lipinski definition) is 5. The first-order chi connectivity index (χ1) is 11.1. The normalized spacial score (nSPS) is 22.7. The minimum absolute atomic E-state index is 0.00590. The third-order valence-corrected chi connectivity index (χ3v) is 5.05. The maximum Gasteiger partial charge on any atom is 0.308 e. The van der Waals surface area contributed by atoms with Crippen LogP contribution in [0.1, 0.15) is 25.7 Å². The summed E-state index contributed by atoms with van der Waals surface area (Å²) >= 11 is 0. The van der Waals surface area contributed by atoms with E-state index in [1.54, 1.807) is 7.05 Å². The van der Waals surface area contributed by atoms with Crippen LogP contribution in [0, 0.1) is 11.3 Å². The van der Waals surface area contributed by atoms with Crippen molar-refractivity contribution >= 4 is 11.9 Å². The molecule has 0 amide bonds. The lowest BCUT2D eigenvalue weighted by molar-refractivity contribution is -0.146. The highest BCUT2D eigenvalue weighted by Crippen LogP contribution is 2.29. The number of rotatable bonds is 4. The molecule has 2 N–H and O–H groups in total. The Kier molecular flexibility index (Phi) is 6.65. The lowest BCUT2D eigenvalue weighted by Crippen LogP contribution is -2.51. The number of carbonyl (C=O) groups is 1. The number of likely N-dealkylation sites (tertiary alicyclic amines) is 1. The molecule has 0 spiro atoms. The first-order valence-electron chi connectivity index (χ1n) is 8.36. The Morgan fingerprint density at radius 3 is 2.57 bits per heavy atom. The van der Waals surface area contributed by atoms with E-state index in [4.69, 9.17) is 9.47 Å². The van der Waals surface area contributed by atoms with E-state index in [-0.39, 0.29) is 23.9 Å². The van der Waals surface area contributed by atoms with Gasteiger partial charge in [-0.3, -0.25) is 9.79 Å². The molecule has 132 valence electrons. The summed E-state index contributed by atoms with van der Waals surface area (Å²) in [5.41, 5.74) is -0.126. The molecule has 2 saturated heterocycles. The Balaban J connectivity index is 1.85. The molecule has 0 atom stereocenters. The SMILES string of the molecule is CN=C(NCC1(CO)CCOCC1)N1CCC(C(=O)OC)CC1. The number of nitrogens with zero attached hydrogens (tertiary/aromatic N) is 2. The van der Waals surface area contributed by atoms with E-state index >= 15 is 0 Å². The van der Waals surface area contributed by atoms with Gasteiger partial charge in [-0.15, -0.1) is 0 Å². The smallest absolute Gasteiger partial charge is 0.308 e. The third kappa shape index (κ3) is 4.57. The van der Waals surface area contributed by atoms with Crippen LogP contribution in [0.2, 0.25) is 0 Å². The molecule has 0 aromatic carbocycles. The van der Waals surface area contributed by atoms with Crippen LogP contribution >= 0.6 is 0 Å². The van der Waals surface area contributed by atoms with Gasteiger partial charge in [0.25, 0.3) is 0 Å². The van der Waals surface area contributed by atoms with Crippen molar-refractivity contribution in [2.45, 2.75) is 25.7 Å². The van der Waals surface area contributed by atoms with Crippen LogP contribution in [0.5, 0.6) is 0 Å². The third-order valence-electron chi connectivity index (χ3n) is 5.05. The molecule has 2 aliphatic heterocycles. The zero-order valence-corrected chi connectivity index (χ0v) is 14.2. The van der Waals surface area contributed by atoms with E-state index in [0.29, 0.717) is 19.8 Å². The minimum Gasteiger partial charge on any atom is -0.469 e. The van der Waals surface area contributed by atoms with E-state index in [9.17, 15) is 9.90 Å². The molecule has 2 aliphatic rings. The molecule has 0 aromatic rings. The van der Waals surface area contributed by atoms with Crippen molar-refractivity contribution in [3.8, 4) is 0 Å². The molecular weight excluding hydrogens is 298 g/mol. The van der Waals surface area contributed by atoms with E-state index in [2.05, 4.69) is 15.2 Å². The zero-order valence-electron chi connectivity index (χ0n) is 14.2. The molecule has 2 fully saturated rings. The summed E-state index contributed by atoms with van der Waals surface area (Å²) in [5, 5.41) is 13.2. The average Bonchev–Trinajstić information content (AvgIpc) is 2.63. The monoisotopic (exact) mass is 327 g/mol. The van der Waals surface area contributed by atoms with Crippen molar-refractivity contribution in [3.05, 3.63) is 0 Å². The predicted molar refractivity (Wildman–Crippen MR) is 87.2 cm³/mol. The van der Waals surface area contributed by atoms with Crippen LogP contribution in [0.4, 0.5) is 0 Å². The average molecular weight is 327 g/mol. The van der Waals surface area contributed by atoms with Crippen LogP contribution < -0.4 is 5.32 Å². The number of ether oxygens (including phenoxy) is 2. The Labute approximate surface area is 138 Å². The molecule has 2 rings (SSSR count). The maximum atomic E-state index is 11.6. The van der Waals surface area contributed by atoms with Crippen molar-refractivity contribution in [3.63, 3.8) is 0 Å². The van der Waals surface area contributed by atoms with Gasteiger partial charge in [0.2, 0.25) is 0 Å². The fourth-order valence-corrected chi connectivity index (χ4v) is 3.29. The molecule has 0 unspecified atom stereocenters.